The monoisotopic (exact) mass is 345 g/mol. The molecule has 0 unspecified atom stereocenters. The molecule has 0 spiro atoms. The molecule has 0 bridgehead atoms. The van der Waals surface area contributed by atoms with Crippen LogP contribution in [-0.4, -0.2) is 36.0 Å². The first-order valence-electron chi connectivity index (χ1n) is 8.17. The molecule has 3 rings (SSSR count). The Morgan fingerprint density at radius 1 is 1.38 bits per heavy atom. The van der Waals surface area contributed by atoms with Gasteiger partial charge in [0, 0.05) is 36.3 Å². The lowest BCUT2D eigenvalue weighted by atomic mass is 9.90. The van der Waals surface area contributed by atoms with Gasteiger partial charge in [-0.3, -0.25) is 0 Å². The third-order valence-corrected chi connectivity index (χ3v) is 4.73. The summed E-state index contributed by atoms with van der Waals surface area (Å²) in [5, 5.41) is 23.6. The molecule has 1 atom stereocenters. The second kappa shape index (κ2) is 7.80. The Hall–Kier alpha value is -1.87. The standard InChI is InChI=1S/C18H20ClN3O2/c19-14-1-2-17-15(10-14)13(11-20)9-18(22-17)21-16(3-6-23)12-4-7-24-8-5-12/h1-2,9-10,12,16,23H,3-8H2,(H,21,22)/t16-/m1/s1. The van der Waals surface area contributed by atoms with Crippen molar-refractivity contribution in [2.75, 3.05) is 25.1 Å². The highest BCUT2D eigenvalue weighted by atomic mass is 35.5. The summed E-state index contributed by atoms with van der Waals surface area (Å²) in [7, 11) is 0. The van der Waals surface area contributed by atoms with Crippen molar-refractivity contribution < 1.29 is 9.84 Å². The summed E-state index contributed by atoms with van der Waals surface area (Å²) in [6, 6.07) is 9.43. The van der Waals surface area contributed by atoms with Crippen molar-refractivity contribution in [1.82, 2.24) is 4.98 Å². The minimum absolute atomic E-state index is 0.114. The summed E-state index contributed by atoms with van der Waals surface area (Å²) >= 11 is 6.02. The van der Waals surface area contributed by atoms with Gasteiger partial charge in [-0.25, -0.2) is 4.98 Å². The highest BCUT2D eigenvalue weighted by molar-refractivity contribution is 6.31. The molecule has 5 nitrogen and oxygen atoms in total. The predicted octanol–water partition coefficient (Wildman–Crippen LogP) is 3.35. The molecule has 126 valence electrons. The fourth-order valence-corrected chi connectivity index (χ4v) is 3.41. The molecule has 1 saturated heterocycles. The van der Waals surface area contributed by atoms with E-state index in [1.54, 1.807) is 18.2 Å². The largest absolute Gasteiger partial charge is 0.396 e. The van der Waals surface area contributed by atoms with Crippen LogP contribution in [0.5, 0.6) is 0 Å². The molecule has 0 amide bonds. The van der Waals surface area contributed by atoms with Crippen molar-refractivity contribution in [3.8, 4) is 6.07 Å². The molecule has 1 aliphatic heterocycles. The molecular weight excluding hydrogens is 326 g/mol. The van der Waals surface area contributed by atoms with Gasteiger partial charge in [0.2, 0.25) is 0 Å². The molecule has 6 heteroatoms. The lowest BCUT2D eigenvalue weighted by molar-refractivity contribution is 0.0577. The Kier molecular flexibility index (Phi) is 5.52. The smallest absolute Gasteiger partial charge is 0.128 e. The summed E-state index contributed by atoms with van der Waals surface area (Å²) < 4.78 is 5.42. The van der Waals surface area contributed by atoms with E-state index >= 15 is 0 Å². The Morgan fingerprint density at radius 2 is 2.17 bits per heavy atom. The van der Waals surface area contributed by atoms with Gasteiger partial charge >= 0.3 is 0 Å². The van der Waals surface area contributed by atoms with E-state index in [1.165, 1.54) is 0 Å². The zero-order valence-electron chi connectivity index (χ0n) is 13.3. The lowest BCUT2D eigenvalue weighted by Crippen LogP contribution is -2.34. The molecule has 2 aromatic rings. The first kappa shape index (κ1) is 17.0. The maximum absolute atomic E-state index is 9.43. The second-order valence-corrected chi connectivity index (χ2v) is 6.48. The number of aromatic nitrogens is 1. The average molecular weight is 346 g/mol. The number of fused-ring (bicyclic) bond motifs is 1. The van der Waals surface area contributed by atoms with Crippen LogP contribution >= 0.6 is 11.6 Å². The number of pyridine rings is 1. The van der Waals surface area contributed by atoms with Crippen molar-refractivity contribution in [1.29, 1.82) is 5.26 Å². The van der Waals surface area contributed by atoms with E-state index in [2.05, 4.69) is 16.4 Å². The van der Waals surface area contributed by atoms with Crippen LogP contribution in [0.3, 0.4) is 0 Å². The Morgan fingerprint density at radius 3 is 2.88 bits per heavy atom. The van der Waals surface area contributed by atoms with Gasteiger partial charge in [0.1, 0.15) is 5.82 Å². The number of hydrogen-bond acceptors (Lipinski definition) is 5. The lowest BCUT2D eigenvalue weighted by Gasteiger charge is -2.31. The van der Waals surface area contributed by atoms with Crippen LogP contribution in [0.1, 0.15) is 24.8 Å². The van der Waals surface area contributed by atoms with Crippen LogP contribution in [0.4, 0.5) is 5.82 Å². The normalized spacial score (nSPS) is 16.7. The van der Waals surface area contributed by atoms with E-state index in [0.29, 0.717) is 28.7 Å². The fourth-order valence-electron chi connectivity index (χ4n) is 3.24. The average Bonchev–Trinajstić information content (AvgIpc) is 2.61. The number of nitrogens with zero attached hydrogens (tertiary/aromatic N) is 2. The maximum Gasteiger partial charge on any atom is 0.128 e. The summed E-state index contributed by atoms with van der Waals surface area (Å²) in [6.45, 7) is 1.62. The van der Waals surface area contributed by atoms with E-state index in [0.717, 1.165) is 37.0 Å². The van der Waals surface area contributed by atoms with Crippen LogP contribution in [0, 0.1) is 17.2 Å². The Balaban J connectivity index is 1.89. The minimum atomic E-state index is 0.114. The topological polar surface area (TPSA) is 78.2 Å². The number of hydrogen-bond donors (Lipinski definition) is 2. The van der Waals surface area contributed by atoms with Gasteiger partial charge in [-0.2, -0.15) is 5.26 Å². The maximum atomic E-state index is 9.43. The first-order chi connectivity index (χ1) is 11.7. The summed E-state index contributed by atoms with van der Waals surface area (Å²) in [4.78, 5) is 4.61. The van der Waals surface area contributed by atoms with Crippen molar-refractivity contribution in [3.05, 3.63) is 34.9 Å². The van der Waals surface area contributed by atoms with E-state index < -0.39 is 0 Å². The molecule has 0 aliphatic carbocycles. The van der Waals surface area contributed by atoms with Crippen LogP contribution in [0.2, 0.25) is 5.02 Å². The Labute approximate surface area is 146 Å². The number of nitriles is 1. The molecule has 0 saturated carbocycles. The summed E-state index contributed by atoms with van der Waals surface area (Å²) in [6.07, 6.45) is 2.57. The number of ether oxygens (including phenoxy) is 1. The van der Waals surface area contributed by atoms with Crippen molar-refractivity contribution in [3.63, 3.8) is 0 Å². The molecule has 1 aromatic heterocycles. The quantitative estimate of drug-likeness (QED) is 0.868. The zero-order chi connectivity index (χ0) is 16.9. The van der Waals surface area contributed by atoms with E-state index in [4.69, 9.17) is 16.3 Å². The molecule has 1 fully saturated rings. The number of rotatable bonds is 5. The summed E-state index contributed by atoms with van der Waals surface area (Å²) in [5.74, 6) is 1.09. The second-order valence-electron chi connectivity index (χ2n) is 6.04. The van der Waals surface area contributed by atoms with Crippen LogP contribution in [-0.2, 0) is 4.74 Å². The van der Waals surface area contributed by atoms with Gasteiger partial charge < -0.3 is 15.2 Å². The van der Waals surface area contributed by atoms with E-state index in [-0.39, 0.29) is 12.6 Å². The summed E-state index contributed by atoms with van der Waals surface area (Å²) in [5.41, 5.74) is 1.27. The SMILES string of the molecule is N#Cc1cc(N[C@H](CCO)C2CCOCC2)nc2ccc(Cl)cc12. The third-order valence-electron chi connectivity index (χ3n) is 4.50. The Bertz CT molecular complexity index is 754. The van der Waals surface area contributed by atoms with Gasteiger partial charge in [-0.15, -0.1) is 0 Å². The fraction of sp³-hybridized carbons (Fsp3) is 0.444. The minimum Gasteiger partial charge on any atom is -0.396 e. The number of aliphatic hydroxyl groups is 1. The molecular formula is C18H20ClN3O2. The number of halogens is 1. The third kappa shape index (κ3) is 3.78. The van der Waals surface area contributed by atoms with Crippen LogP contribution < -0.4 is 5.32 Å². The van der Waals surface area contributed by atoms with Gasteiger partial charge in [0.15, 0.2) is 0 Å². The zero-order valence-corrected chi connectivity index (χ0v) is 14.1. The number of benzene rings is 1. The van der Waals surface area contributed by atoms with Crippen molar-refractivity contribution in [2.45, 2.75) is 25.3 Å². The van der Waals surface area contributed by atoms with Crippen molar-refractivity contribution in [2.24, 2.45) is 5.92 Å². The van der Waals surface area contributed by atoms with E-state index in [1.807, 2.05) is 6.07 Å². The molecule has 0 radical (unpaired) electrons. The van der Waals surface area contributed by atoms with Gasteiger partial charge in [-0.1, -0.05) is 11.6 Å². The van der Waals surface area contributed by atoms with Gasteiger partial charge in [0.05, 0.1) is 17.1 Å². The van der Waals surface area contributed by atoms with Crippen LogP contribution in [0.25, 0.3) is 10.9 Å². The van der Waals surface area contributed by atoms with Gasteiger partial charge in [0.25, 0.3) is 0 Å². The molecule has 1 aliphatic rings. The van der Waals surface area contributed by atoms with Gasteiger partial charge in [-0.05, 0) is 49.4 Å². The van der Waals surface area contributed by atoms with E-state index in [9.17, 15) is 10.4 Å². The molecule has 2 N–H and O–H groups in total. The number of anilines is 1. The molecule has 1 aromatic carbocycles. The van der Waals surface area contributed by atoms with Crippen LogP contribution in [0.15, 0.2) is 24.3 Å². The molecule has 2 heterocycles. The number of aliphatic hydroxyl groups excluding tert-OH is 1. The molecule has 24 heavy (non-hydrogen) atoms. The number of nitrogens with one attached hydrogen (secondary N) is 1. The highest BCUT2D eigenvalue weighted by Crippen LogP contribution is 2.27. The van der Waals surface area contributed by atoms with Crippen molar-refractivity contribution >= 4 is 28.3 Å². The predicted molar refractivity (Wildman–Crippen MR) is 94.1 cm³/mol. The first-order valence-corrected chi connectivity index (χ1v) is 8.54. The highest BCUT2D eigenvalue weighted by Gasteiger charge is 2.24.